The molecule has 2 heterocycles. The Balaban J connectivity index is 2.26. The van der Waals surface area contributed by atoms with Crippen molar-refractivity contribution in [1.29, 1.82) is 0 Å². The molecule has 15 heavy (non-hydrogen) atoms. The molecular weight excluding hydrogens is 194 g/mol. The van der Waals surface area contributed by atoms with Gasteiger partial charge in [0.15, 0.2) is 0 Å². The van der Waals surface area contributed by atoms with E-state index >= 15 is 0 Å². The van der Waals surface area contributed by atoms with Gasteiger partial charge in [0.05, 0.1) is 11.2 Å². The van der Waals surface area contributed by atoms with Gasteiger partial charge in [0.2, 0.25) is 0 Å². The van der Waals surface area contributed by atoms with Crippen LogP contribution in [0.15, 0.2) is 18.3 Å². The number of pyridine rings is 1. The monoisotopic (exact) mass is 207 g/mol. The maximum absolute atomic E-state index is 11.1. The molecule has 5 heteroatoms. The molecule has 0 unspecified atom stereocenters. The number of anilines is 1. The Bertz CT molecular complexity index is 395. The Morgan fingerprint density at radius 1 is 1.67 bits per heavy atom. The highest BCUT2D eigenvalue weighted by Crippen LogP contribution is 2.27. The number of aliphatic hydroxyl groups is 1. The quantitative estimate of drug-likeness (QED) is 0.701. The van der Waals surface area contributed by atoms with Gasteiger partial charge in [-0.05, 0) is 19.1 Å². The van der Waals surface area contributed by atoms with Crippen LogP contribution in [-0.2, 0) is 0 Å². The molecule has 5 nitrogen and oxygen atoms in total. The van der Waals surface area contributed by atoms with Gasteiger partial charge in [-0.3, -0.25) is 4.79 Å². The summed E-state index contributed by atoms with van der Waals surface area (Å²) in [5, 5.41) is 9.59. The smallest absolute Gasteiger partial charge is 0.252 e. The molecule has 0 aromatic carbocycles. The van der Waals surface area contributed by atoms with Gasteiger partial charge in [-0.2, -0.15) is 0 Å². The lowest BCUT2D eigenvalue weighted by Crippen LogP contribution is -2.60. The fourth-order valence-corrected chi connectivity index (χ4v) is 1.77. The molecule has 0 saturated carbocycles. The standard InChI is InChI=1S/C10H13N3O2/c1-10(15)5-13(6-10)9-7(8(11)14)3-2-4-12-9/h2-4,15H,5-6H2,1H3,(H2,11,14). The molecule has 1 aromatic heterocycles. The van der Waals surface area contributed by atoms with E-state index in [4.69, 9.17) is 5.73 Å². The van der Waals surface area contributed by atoms with Crippen LogP contribution in [0.3, 0.4) is 0 Å². The second-order valence-corrected chi connectivity index (χ2v) is 4.09. The molecule has 1 aliphatic heterocycles. The molecule has 80 valence electrons. The van der Waals surface area contributed by atoms with Crippen molar-refractivity contribution in [1.82, 2.24) is 4.98 Å². The van der Waals surface area contributed by atoms with Crippen molar-refractivity contribution >= 4 is 11.7 Å². The average Bonchev–Trinajstić information content (AvgIpc) is 2.14. The SMILES string of the molecule is CC1(O)CN(c2ncccc2C(N)=O)C1. The lowest BCUT2D eigenvalue weighted by molar-refractivity contribution is 0.0303. The zero-order valence-corrected chi connectivity index (χ0v) is 8.47. The Morgan fingerprint density at radius 2 is 2.33 bits per heavy atom. The van der Waals surface area contributed by atoms with Crippen molar-refractivity contribution in [2.24, 2.45) is 5.73 Å². The number of rotatable bonds is 2. The molecule has 1 aromatic rings. The van der Waals surface area contributed by atoms with Crippen LogP contribution in [0.5, 0.6) is 0 Å². The Morgan fingerprint density at radius 3 is 2.87 bits per heavy atom. The van der Waals surface area contributed by atoms with Crippen molar-refractivity contribution in [3.8, 4) is 0 Å². The first kappa shape index (κ1) is 9.92. The normalized spacial score (nSPS) is 18.4. The highest BCUT2D eigenvalue weighted by molar-refractivity contribution is 5.97. The van der Waals surface area contributed by atoms with E-state index in [2.05, 4.69) is 4.98 Å². The Labute approximate surface area is 87.5 Å². The Kier molecular flexibility index (Phi) is 2.12. The number of amides is 1. The van der Waals surface area contributed by atoms with Gasteiger partial charge in [0.25, 0.3) is 5.91 Å². The van der Waals surface area contributed by atoms with Gasteiger partial charge in [0.1, 0.15) is 5.82 Å². The van der Waals surface area contributed by atoms with Crippen LogP contribution in [0.1, 0.15) is 17.3 Å². The fourth-order valence-electron chi connectivity index (χ4n) is 1.77. The first-order valence-corrected chi connectivity index (χ1v) is 4.72. The zero-order chi connectivity index (χ0) is 11.1. The van der Waals surface area contributed by atoms with Crippen LogP contribution in [0.4, 0.5) is 5.82 Å². The van der Waals surface area contributed by atoms with Gasteiger partial charge in [-0.25, -0.2) is 4.98 Å². The summed E-state index contributed by atoms with van der Waals surface area (Å²) in [4.78, 5) is 17.1. The van der Waals surface area contributed by atoms with Crippen molar-refractivity contribution in [2.45, 2.75) is 12.5 Å². The number of primary amides is 1. The lowest BCUT2D eigenvalue weighted by Gasteiger charge is -2.45. The van der Waals surface area contributed by atoms with Crippen molar-refractivity contribution in [3.63, 3.8) is 0 Å². The maximum Gasteiger partial charge on any atom is 0.252 e. The summed E-state index contributed by atoms with van der Waals surface area (Å²) in [6.07, 6.45) is 1.61. The van der Waals surface area contributed by atoms with Gasteiger partial charge in [-0.15, -0.1) is 0 Å². The van der Waals surface area contributed by atoms with Crippen LogP contribution >= 0.6 is 0 Å². The summed E-state index contributed by atoms with van der Waals surface area (Å²) >= 11 is 0. The maximum atomic E-state index is 11.1. The summed E-state index contributed by atoms with van der Waals surface area (Å²) in [7, 11) is 0. The van der Waals surface area contributed by atoms with Gasteiger partial charge in [-0.1, -0.05) is 0 Å². The molecule has 0 atom stereocenters. The summed E-state index contributed by atoms with van der Waals surface area (Å²) in [6.45, 7) is 2.70. The van der Waals surface area contributed by atoms with E-state index in [1.54, 1.807) is 25.3 Å². The third-order valence-electron chi connectivity index (χ3n) is 2.41. The largest absolute Gasteiger partial charge is 0.386 e. The van der Waals surface area contributed by atoms with Crippen LogP contribution in [0.2, 0.25) is 0 Å². The minimum Gasteiger partial charge on any atom is -0.386 e. The highest BCUT2D eigenvalue weighted by atomic mass is 16.3. The van der Waals surface area contributed by atoms with Crippen LogP contribution < -0.4 is 10.6 Å². The molecule has 1 saturated heterocycles. The average molecular weight is 207 g/mol. The fraction of sp³-hybridized carbons (Fsp3) is 0.400. The van der Waals surface area contributed by atoms with Crippen LogP contribution in [0.25, 0.3) is 0 Å². The van der Waals surface area contributed by atoms with E-state index in [0.717, 1.165) is 0 Å². The molecule has 0 radical (unpaired) electrons. The molecule has 1 aliphatic rings. The lowest BCUT2D eigenvalue weighted by atomic mass is 9.96. The molecule has 0 aliphatic carbocycles. The number of hydrogen-bond donors (Lipinski definition) is 2. The molecule has 1 fully saturated rings. The van der Waals surface area contributed by atoms with Gasteiger partial charge >= 0.3 is 0 Å². The van der Waals surface area contributed by atoms with E-state index in [1.165, 1.54) is 0 Å². The third-order valence-corrected chi connectivity index (χ3v) is 2.41. The van der Waals surface area contributed by atoms with Gasteiger partial charge < -0.3 is 15.7 Å². The summed E-state index contributed by atoms with van der Waals surface area (Å²) in [6, 6.07) is 3.30. The van der Waals surface area contributed by atoms with Crippen LogP contribution in [-0.4, -0.2) is 34.7 Å². The number of nitrogens with zero attached hydrogens (tertiary/aromatic N) is 2. The molecular formula is C10H13N3O2. The molecule has 0 bridgehead atoms. The number of nitrogens with two attached hydrogens (primary N) is 1. The number of aromatic nitrogens is 1. The van der Waals surface area contributed by atoms with E-state index in [-0.39, 0.29) is 0 Å². The number of β-amino-alcohol motifs (C(OH)–C–C–N with tert-alkyl or cyclic N) is 1. The van der Waals surface area contributed by atoms with E-state index in [1.807, 2.05) is 4.90 Å². The minimum absolute atomic E-state index is 0.396. The number of hydrogen-bond acceptors (Lipinski definition) is 4. The topological polar surface area (TPSA) is 79.4 Å². The van der Waals surface area contributed by atoms with E-state index in [0.29, 0.717) is 24.5 Å². The predicted molar refractivity (Wildman–Crippen MR) is 55.6 cm³/mol. The second kappa shape index (κ2) is 3.20. The summed E-state index contributed by atoms with van der Waals surface area (Å²) in [5.74, 6) is 0.0566. The predicted octanol–water partition coefficient (Wildman–Crippen LogP) is -0.248. The second-order valence-electron chi connectivity index (χ2n) is 4.09. The van der Waals surface area contributed by atoms with E-state index < -0.39 is 11.5 Å². The van der Waals surface area contributed by atoms with Gasteiger partial charge in [0, 0.05) is 19.3 Å². The zero-order valence-electron chi connectivity index (χ0n) is 8.47. The number of carbonyl (C=O) groups is 1. The van der Waals surface area contributed by atoms with Crippen molar-refractivity contribution < 1.29 is 9.90 Å². The number of carbonyl (C=O) groups excluding carboxylic acids is 1. The van der Waals surface area contributed by atoms with Crippen molar-refractivity contribution in [2.75, 3.05) is 18.0 Å². The minimum atomic E-state index is -0.688. The summed E-state index contributed by atoms with van der Waals surface area (Å²) in [5.41, 5.74) is 4.94. The molecule has 0 spiro atoms. The molecule has 3 N–H and O–H groups in total. The molecule has 2 rings (SSSR count). The van der Waals surface area contributed by atoms with E-state index in [9.17, 15) is 9.90 Å². The third kappa shape index (κ3) is 1.78. The first-order chi connectivity index (χ1) is 6.99. The summed E-state index contributed by atoms with van der Waals surface area (Å²) < 4.78 is 0. The Hall–Kier alpha value is -1.62. The first-order valence-electron chi connectivity index (χ1n) is 4.72. The highest BCUT2D eigenvalue weighted by Gasteiger charge is 2.38. The van der Waals surface area contributed by atoms with Crippen molar-refractivity contribution in [3.05, 3.63) is 23.9 Å². The van der Waals surface area contributed by atoms with Crippen LogP contribution in [0, 0.1) is 0 Å². The molecule has 1 amide bonds.